The van der Waals surface area contributed by atoms with E-state index in [1.165, 1.54) is 6.20 Å². The molecule has 84 valence electrons. The molecule has 0 bridgehead atoms. The molecule has 0 radical (unpaired) electrons. The van der Waals surface area contributed by atoms with E-state index in [9.17, 15) is 0 Å². The molecule has 5 heteroatoms. The maximum Gasteiger partial charge on any atom is 0.144 e. The smallest absolute Gasteiger partial charge is 0.144 e. The van der Waals surface area contributed by atoms with Crippen molar-refractivity contribution in [2.75, 3.05) is 24.2 Å². The molecule has 0 fully saturated rings. The van der Waals surface area contributed by atoms with Crippen LogP contribution in [0.2, 0.25) is 0 Å². The summed E-state index contributed by atoms with van der Waals surface area (Å²) >= 11 is 0. The van der Waals surface area contributed by atoms with Crippen LogP contribution in [0.3, 0.4) is 0 Å². The molecule has 1 atom stereocenters. The molecule has 15 heavy (non-hydrogen) atoms. The van der Waals surface area contributed by atoms with Gasteiger partial charge in [-0.2, -0.15) is 0 Å². The summed E-state index contributed by atoms with van der Waals surface area (Å²) < 4.78 is 0. The van der Waals surface area contributed by atoms with Crippen molar-refractivity contribution < 1.29 is 5.11 Å². The molecule has 1 rings (SSSR count). The molecule has 1 aromatic heterocycles. The number of nitrogen functional groups attached to an aromatic ring is 1. The lowest BCUT2D eigenvalue weighted by molar-refractivity contribution is 0.229. The van der Waals surface area contributed by atoms with E-state index in [1.807, 2.05) is 6.92 Å². The highest BCUT2D eigenvalue weighted by atomic mass is 16.3. The number of hydrogen-bond donors (Lipinski definition) is 3. The number of nitrogens with zero attached hydrogens (tertiary/aromatic N) is 2. The molecule has 0 saturated carbocycles. The van der Waals surface area contributed by atoms with Gasteiger partial charge in [-0.1, -0.05) is 6.92 Å². The SMILES string of the molecule is CC(CO)CCCNc1cnc(N)cn1. The fraction of sp³-hybridized carbons (Fsp3) is 0.600. The van der Waals surface area contributed by atoms with Crippen LogP contribution >= 0.6 is 0 Å². The van der Waals surface area contributed by atoms with Crippen LogP contribution < -0.4 is 11.1 Å². The summed E-state index contributed by atoms with van der Waals surface area (Å²) in [7, 11) is 0. The van der Waals surface area contributed by atoms with Crippen molar-refractivity contribution in [3.05, 3.63) is 12.4 Å². The third-order valence-corrected chi connectivity index (χ3v) is 2.16. The van der Waals surface area contributed by atoms with Gasteiger partial charge in [-0.25, -0.2) is 9.97 Å². The van der Waals surface area contributed by atoms with Crippen molar-refractivity contribution >= 4 is 11.6 Å². The van der Waals surface area contributed by atoms with E-state index >= 15 is 0 Å². The first-order valence-electron chi connectivity index (χ1n) is 5.14. The molecule has 1 aromatic rings. The van der Waals surface area contributed by atoms with Gasteiger partial charge >= 0.3 is 0 Å². The van der Waals surface area contributed by atoms with Crippen molar-refractivity contribution in [3.8, 4) is 0 Å². The van der Waals surface area contributed by atoms with Gasteiger partial charge in [-0.15, -0.1) is 0 Å². The molecule has 0 aliphatic heterocycles. The Morgan fingerprint density at radius 2 is 2.27 bits per heavy atom. The van der Waals surface area contributed by atoms with Gasteiger partial charge in [0.25, 0.3) is 0 Å². The predicted molar refractivity (Wildman–Crippen MR) is 60.4 cm³/mol. The lowest BCUT2D eigenvalue weighted by Crippen LogP contribution is -2.07. The van der Waals surface area contributed by atoms with Crippen LogP contribution in [-0.2, 0) is 0 Å². The number of nitrogens with two attached hydrogens (primary N) is 1. The summed E-state index contributed by atoms with van der Waals surface area (Å²) in [6.45, 7) is 3.12. The van der Waals surface area contributed by atoms with Gasteiger partial charge in [0.15, 0.2) is 0 Å². The van der Waals surface area contributed by atoms with E-state index in [0.29, 0.717) is 11.7 Å². The van der Waals surface area contributed by atoms with Crippen LogP contribution in [0.15, 0.2) is 12.4 Å². The minimum atomic E-state index is 0.252. The predicted octanol–water partition coefficient (Wildman–Crippen LogP) is 0.879. The summed E-state index contributed by atoms with van der Waals surface area (Å²) in [6.07, 6.45) is 5.16. The molecular weight excluding hydrogens is 192 g/mol. The molecule has 0 aromatic carbocycles. The monoisotopic (exact) mass is 210 g/mol. The Labute approximate surface area is 89.7 Å². The third kappa shape index (κ3) is 4.60. The van der Waals surface area contributed by atoms with E-state index in [0.717, 1.165) is 25.2 Å². The van der Waals surface area contributed by atoms with E-state index in [1.54, 1.807) is 6.20 Å². The first-order chi connectivity index (χ1) is 7.22. The summed E-state index contributed by atoms with van der Waals surface area (Å²) in [4.78, 5) is 7.99. The zero-order valence-corrected chi connectivity index (χ0v) is 8.98. The number of anilines is 2. The van der Waals surface area contributed by atoms with Crippen molar-refractivity contribution in [3.63, 3.8) is 0 Å². The van der Waals surface area contributed by atoms with Crippen LogP contribution in [0.5, 0.6) is 0 Å². The van der Waals surface area contributed by atoms with Gasteiger partial charge in [0.05, 0.1) is 12.4 Å². The second-order valence-electron chi connectivity index (χ2n) is 3.68. The largest absolute Gasteiger partial charge is 0.396 e. The lowest BCUT2D eigenvalue weighted by Gasteiger charge is -2.08. The van der Waals surface area contributed by atoms with Gasteiger partial charge in [0.2, 0.25) is 0 Å². The van der Waals surface area contributed by atoms with Gasteiger partial charge in [-0.3, -0.25) is 0 Å². The maximum absolute atomic E-state index is 8.83. The Morgan fingerprint density at radius 1 is 1.47 bits per heavy atom. The van der Waals surface area contributed by atoms with E-state index in [2.05, 4.69) is 15.3 Å². The number of nitrogens with one attached hydrogen (secondary N) is 1. The van der Waals surface area contributed by atoms with Gasteiger partial charge in [0, 0.05) is 13.2 Å². The molecule has 0 spiro atoms. The highest BCUT2D eigenvalue weighted by Crippen LogP contribution is 2.05. The summed E-state index contributed by atoms with van der Waals surface area (Å²) in [6, 6.07) is 0. The molecule has 0 aliphatic carbocycles. The molecule has 5 nitrogen and oxygen atoms in total. The van der Waals surface area contributed by atoms with Crippen LogP contribution in [0.1, 0.15) is 19.8 Å². The number of hydrogen-bond acceptors (Lipinski definition) is 5. The summed E-state index contributed by atoms with van der Waals surface area (Å²) in [5.41, 5.74) is 5.41. The van der Waals surface area contributed by atoms with Crippen molar-refractivity contribution in [1.82, 2.24) is 9.97 Å². The molecule has 1 heterocycles. The molecule has 1 unspecified atom stereocenters. The van der Waals surface area contributed by atoms with Crippen LogP contribution in [0.25, 0.3) is 0 Å². The molecule has 0 aliphatic rings. The van der Waals surface area contributed by atoms with Crippen LogP contribution in [0, 0.1) is 5.92 Å². The highest BCUT2D eigenvalue weighted by Gasteiger charge is 1.99. The lowest BCUT2D eigenvalue weighted by atomic mass is 10.1. The van der Waals surface area contributed by atoms with Crippen molar-refractivity contribution in [2.24, 2.45) is 5.92 Å². The van der Waals surface area contributed by atoms with Gasteiger partial charge in [-0.05, 0) is 18.8 Å². The summed E-state index contributed by atoms with van der Waals surface area (Å²) in [5.74, 6) is 1.53. The molecular formula is C10H18N4O. The third-order valence-electron chi connectivity index (χ3n) is 2.16. The maximum atomic E-state index is 8.83. The van der Waals surface area contributed by atoms with E-state index in [4.69, 9.17) is 10.8 Å². The number of aliphatic hydroxyl groups excluding tert-OH is 1. The minimum absolute atomic E-state index is 0.252. The number of rotatable bonds is 6. The van der Waals surface area contributed by atoms with Crippen molar-refractivity contribution in [1.29, 1.82) is 0 Å². The molecule has 0 amide bonds. The Balaban J connectivity index is 2.17. The quantitative estimate of drug-likeness (QED) is 0.607. The first kappa shape index (κ1) is 11.7. The fourth-order valence-corrected chi connectivity index (χ4v) is 1.19. The van der Waals surface area contributed by atoms with Gasteiger partial charge < -0.3 is 16.2 Å². The Hall–Kier alpha value is -1.36. The second-order valence-corrected chi connectivity index (χ2v) is 3.68. The first-order valence-corrected chi connectivity index (χ1v) is 5.14. The number of aliphatic hydroxyl groups is 1. The Morgan fingerprint density at radius 3 is 2.87 bits per heavy atom. The zero-order chi connectivity index (χ0) is 11.1. The Kier molecular flexibility index (Phi) is 4.83. The van der Waals surface area contributed by atoms with E-state index in [-0.39, 0.29) is 6.61 Å². The average molecular weight is 210 g/mol. The standard InChI is InChI=1S/C10H18N4O/c1-8(7-15)3-2-4-12-10-6-13-9(11)5-14-10/h5-6,8,15H,2-4,7H2,1H3,(H2,11,13)(H,12,14). The highest BCUT2D eigenvalue weighted by molar-refractivity contribution is 5.35. The zero-order valence-electron chi connectivity index (χ0n) is 8.98. The van der Waals surface area contributed by atoms with Crippen LogP contribution in [-0.4, -0.2) is 28.2 Å². The minimum Gasteiger partial charge on any atom is -0.396 e. The molecule has 0 saturated heterocycles. The molecule has 4 N–H and O–H groups in total. The van der Waals surface area contributed by atoms with Crippen molar-refractivity contribution in [2.45, 2.75) is 19.8 Å². The Bertz CT molecular complexity index is 275. The fourth-order valence-electron chi connectivity index (χ4n) is 1.19. The second kappa shape index (κ2) is 6.19. The topological polar surface area (TPSA) is 84.1 Å². The normalized spacial score (nSPS) is 12.4. The summed E-state index contributed by atoms with van der Waals surface area (Å²) in [5, 5.41) is 12.0. The van der Waals surface area contributed by atoms with Crippen LogP contribution in [0.4, 0.5) is 11.6 Å². The van der Waals surface area contributed by atoms with E-state index < -0.39 is 0 Å². The number of aromatic nitrogens is 2. The van der Waals surface area contributed by atoms with Gasteiger partial charge in [0.1, 0.15) is 11.6 Å². The average Bonchev–Trinajstić information content (AvgIpc) is 2.26.